The summed E-state index contributed by atoms with van der Waals surface area (Å²) in [6.45, 7) is 1.35. The molecule has 1 aliphatic rings. The summed E-state index contributed by atoms with van der Waals surface area (Å²) < 4.78 is 18.6. The van der Waals surface area contributed by atoms with Crippen LogP contribution in [0.25, 0.3) is 0 Å². The Labute approximate surface area is 112 Å². The Kier molecular flexibility index (Phi) is 5.26. The van der Waals surface area contributed by atoms with Crippen LogP contribution in [0.4, 0.5) is 4.39 Å². The second-order valence-corrected chi connectivity index (χ2v) is 5.12. The molecule has 1 saturated carbocycles. The van der Waals surface area contributed by atoms with E-state index in [1.54, 1.807) is 6.07 Å². The summed E-state index contributed by atoms with van der Waals surface area (Å²) in [6.07, 6.45) is 6.52. The summed E-state index contributed by atoms with van der Waals surface area (Å²) in [5, 5.41) is 3.60. The van der Waals surface area contributed by atoms with Crippen LogP contribution >= 0.6 is 11.6 Å². The highest BCUT2D eigenvalue weighted by Gasteiger charge is 2.11. The van der Waals surface area contributed by atoms with Gasteiger partial charge in [0.2, 0.25) is 0 Å². The average molecular weight is 272 g/mol. The molecule has 0 spiro atoms. The zero-order valence-corrected chi connectivity index (χ0v) is 11.2. The molecule has 1 aliphatic carbocycles. The van der Waals surface area contributed by atoms with Gasteiger partial charge in [0.25, 0.3) is 0 Å². The minimum Gasteiger partial charge on any atom is -0.492 e. The quantitative estimate of drug-likeness (QED) is 0.823. The van der Waals surface area contributed by atoms with Crippen LogP contribution in [0.15, 0.2) is 18.2 Å². The highest BCUT2D eigenvalue weighted by molar-refractivity contribution is 6.30. The van der Waals surface area contributed by atoms with E-state index < -0.39 is 5.82 Å². The minimum absolute atomic E-state index is 0.127. The van der Waals surface area contributed by atoms with Crippen molar-refractivity contribution in [1.29, 1.82) is 0 Å². The summed E-state index contributed by atoms with van der Waals surface area (Å²) >= 11 is 5.60. The predicted octanol–water partition coefficient (Wildman–Crippen LogP) is 3.78. The molecule has 1 fully saturated rings. The van der Waals surface area contributed by atoms with E-state index in [4.69, 9.17) is 16.3 Å². The van der Waals surface area contributed by atoms with Crippen molar-refractivity contribution >= 4 is 11.6 Å². The Morgan fingerprint density at radius 2 is 2.06 bits per heavy atom. The number of ether oxygens (including phenoxy) is 1. The fourth-order valence-electron chi connectivity index (χ4n) is 2.31. The van der Waals surface area contributed by atoms with E-state index >= 15 is 0 Å². The van der Waals surface area contributed by atoms with E-state index in [1.165, 1.54) is 44.2 Å². The molecule has 0 aromatic heterocycles. The van der Waals surface area contributed by atoms with Gasteiger partial charge in [0.05, 0.1) is 5.02 Å². The number of nitrogens with one attached hydrogen (secondary N) is 1. The Hall–Kier alpha value is -0.800. The van der Waals surface area contributed by atoms with E-state index in [0.29, 0.717) is 18.4 Å². The SMILES string of the molecule is Fc1cc(OCCNC2CCCCC2)ccc1Cl. The first-order valence-electron chi connectivity index (χ1n) is 6.57. The molecule has 4 heteroatoms. The zero-order chi connectivity index (χ0) is 12.8. The van der Waals surface area contributed by atoms with Crippen molar-refractivity contribution in [2.45, 2.75) is 38.1 Å². The van der Waals surface area contributed by atoms with Crippen LogP contribution in [0.1, 0.15) is 32.1 Å². The summed E-state index contributed by atoms with van der Waals surface area (Å²) in [4.78, 5) is 0. The van der Waals surface area contributed by atoms with Crippen LogP contribution in [-0.4, -0.2) is 19.2 Å². The molecular formula is C14H19ClFNO. The zero-order valence-electron chi connectivity index (χ0n) is 10.4. The summed E-state index contributed by atoms with van der Waals surface area (Å²) in [5.74, 6) is 0.0942. The third-order valence-corrected chi connectivity index (χ3v) is 3.61. The van der Waals surface area contributed by atoms with Gasteiger partial charge in [0.1, 0.15) is 18.2 Å². The molecule has 0 saturated heterocycles. The van der Waals surface area contributed by atoms with E-state index in [0.717, 1.165) is 6.54 Å². The third-order valence-electron chi connectivity index (χ3n) is 3.30. The number of benzene rings is 1. The summed E-state index contributed by atoms with van der Waals surface area (Å²) in [6, 6.07) is 5.15. The highest BCUT2D eigenvalue weighted by Crippen LogP contribution is 2.20. The molecule has 100 valence electrons. The van der Waals surface area contributed by atoms with Gasteiger partial charge in [0.15, 0.2) is 0 Å². The van der Waals surface area contributed by atoms with Crippen molar-refractivity contribution in [1.82, 2.24) is 5.32 Å². The largest absolute Gasteiger partial charge is 0.492 e. The molecule has 0 amide bonds. The topological polar surface area (TPSA) is 21.3 Å². The molecule has 1 aromatic carbocycles. The lowest BCUT2D eigenvalue weighted by molar-refractivity contribution is 0.288. The predicted molar refractivity (Wildman–Crippen MR) is 71.8 cm³/mol. The Morgan fingerprint density at radius 3 is 2.78 bits per heavy atom. The maximum Gasteiger partial charge on any atom is 0.145 e. The molecule has 0 bridgehead atoms. The standard InChI is InChI=1S/C14H19ClFNO/c15-13-7-6-12(10-14(13)16)18-9-8-17-11-4-2-1-3-5-11/h6-7,10-11,17H,1-5,8-9H2. The van der Waals surface area contributed by atoms with E-state index in [-0.39, 0.29) is 5.02 Å². The molecule has 1 N–H and O–H groups in total. The second kappa shape index (κ2) is 6.95. The highest BCUT2D eigenvalue weighted by atomic mass is 35.5. The first-order chi connectivity index (χ1) is 8.75. The van der Waals surface area contributed by atoms with Gasteiger partial charge in [0, 0.05) is 18.7 Å². The van der Waals surface area contributed by atoms with Gasteiger partial charge in [-0.3, -0.25) is 0 Å². The third kappa shape index (κ3) is 4.14. The van der Waals surface area contributed by atoms with Crippen LogP contribution in [0.5, 0.6) is 5.75 Å². The normalized spacial score (nSPS) is 16.8. The molecular weight excluding hydrogens is 253 g/mol. The van der Waals surface area contributed by atoms with Crippen molar-refractivity contribution in [2.75, 3.05) is 13.2 Å². The number of halogens is 2. The van der Waals surface area contributed by atoms with Gasteiger partial charge in [-0.15, -0.1) is 0 Å². The number of rotatable bonds is 5. The van der Waals surface area contributed by atoms with Crippen LogP contribution in [0, 0.1) is 5.82 Å². The molecule has 1 aromatic rings. The second-order valence-electron chi connectivity index (χ2n) is 4.71. The number of hydrogen-bond acceptors (Lipinski definition) is 2. The van der Waals surface area contributed by atoms with Gasteiger partial charge < -0.3 is 10.1 Å². The number of hydrogen-bond donors (Lipinski definition) is 1. The van der Waals surface area contributed by atoms with Crippen molar-refractivity contribution in [3.8, 4) is 5.75 Å². The van der Waals surface area contributed by atoms with Gasteiger partial charge in [-0.2, -0.15) is 0 Å². The molecule has 2 nitrogen and oxygen atoms in total. The van der Waals surface area contributed by atoms with E-state index in [1.807, 2.05) is 0 Å². The van der Waals surface area contributed by atoms with Gasteiger partial charge in [-0.05, 0) is 25.0 Å². The Balaban J connectivity index is 1.66. The van der Waals surface area contributed by atoms with E-state index in [2.05, 4.69) is 5.32 Å². The lowest BCUT2D eigenvalue weighted by Gasteiger charge is -2.22. The lowest BCUT2D eigenvalue weighted by atomic mass is 9.96. The van der Waals surface area contributed by atoms with Crippen LogP contribution < -0.4 is 10.1 Å². The van der Waals surface area contributed by atoms with Gasteiger partial charge in [-0.1, -0.05) is 30.9 Å². The van der Waals surface area contributed by atoms with Crippen molar-refractivity contribution in [3.05, 3.63) is 29.0 Å². The fraction of sp³-hybridized carbons (Fsp3) is 0.571. The van der Waals surface area contributed by atoms with Crippen LogP contribution in [-0.2, 0) is 0 Å². The van der Waals surface area contributed by atoms with Crippen LogP contribution in [0.2, 0.25) is 5.02 Å². The lowest BCUT2D eigenvalue weighted by Crippen LogP contribution is -2.34. The van der Waals surface area contributed by atoms with E-state index in [9.17, 15) is 4.39 Å². The Bertz CT molecular complexity index is 380. The van der Waals surface area contributed by atoms with Crippen molar-refractivity contribution in [3.63, 3.8) is 0 Å². The molecule has 0 heterocycles. The molecule has 0 aliphatic heterocycles. The van der Waals surface area contributed by atoms with Gasteiger partial charge >= 0.3 is 0 Å². The molecule has 18 heavy (non-hydrogen) atoms. The molecule has 0 radical (unpaired) electrons. The smallest absolute Gasteiger partial charge is 0.145 e. The minimum atomic E-state index is -0.436. The fourth-order valence-corrected chi connectivity index (χ4v) is 2.42. The monoisotopic (exact) mass is 271 g/mol. The first-order valence-corrected chi connectivity index (χ1v) is 6.95. The van der Waals surface area contributed by atoms with Gasteiger partial charge in [-0.25, -0.2) is 4.39 Å². The molecule has 2 rings (SSSR count). The molecule has 0 atom stereocenters. The van der Waals surface area contributed by atoms with Crippen LogP contribution in [0.3, 0.4) is 0 Å². The average Bonchev–Trinajstić information content (AvgIpc) is 2.40. The maximum absolute atomic E-state index is 13.2. The summed E-state index contributed by atoms with van der Waals surface area (Å²) in [5.41, 5.74) is 0. The van der Waals surface area contributed by atoms with Crippen molar-refractivity contribution in [2.24, 2.45) is 0 Å². The maximum atomic E-state index is 13.2. The summed E-state index contributed by atoms with van der Waals surface area (Å²) in [7, 11) is 0. The first kappa shape index (κ1) is 13.6. The Morgan fingerprint density at radius 1 is 1.28 bits per heavy atom. The molecule has 0 unspecified atom stereocenters. The van der Waals surface area contributed by atoms with Crippen molar-refractivity contribution < 1.29 is 9.13 Å².